The number of aliphatic hydroxyl groups excluding tert-OH is 2. The molecule has 3 aromatic rings. The first-order valence-electron chi connectivity index (χ1n) is 9.56. The lowest BCUT2D eigenvalue weighted by atomic mass is 10.0. The third-order valence-electron chi connectivity index (χ3n) is 4.89. The normalized spacial score (nSPS) is 12.4. The monoisotopic (exact) mass is 396 g/mol. The lowest BCUT2D eigenvalue weighted by molar-refractivity contribution is 0.0648. The number of fused-ring (bicyclic) bond motifs is 1. The Bertz CT molecular complexity index is 990. The molecule has 0 fully saturated rings. The Morgan fingerprint density at radius 2 is 1.79 bits per heavy atom. The first kappa shape index (κ1) is 21.0. The molecule has 0 saturated carbocycles. The number of rotatable bonds is 8. The molecule has 1 atom stereocenters. The van der Waals surface area contributed by atoms with Crippen molar-refractivity contribution in [1.29, 1.82) is 0 Å². The molecule has 0 aliphatic heterocycles. The SMILES string of the molecule is COc1ccc(OC)c2nc(-c3cccc(C)c3)c(CN(C)C[C@@H](O)CO)cc12. The van der Waals surface area contributed by atoms with Crippen LogP contribution in [-0.4, -0.2) is 60.6 Å². The van der Waals surface area contributed by atoms with E-state index < -0.39 is 6.10 Å². The van der Waals surface area contributed by atoms with E-state index in [1.165, 1.54) is 0 Å². The van der Waals surface area contributed by atoms with E-state index in [2.05, 4.69) is 25.1 Å². The number of ether oxygens (including phenoxy) is 2. The van der Waals surface area contributed by atoms with Gasteiger partial charge in [-0.15, -0.1) is 0 Å². The van der Waals surface area contributed by atoms with E-state index in [0.29, 0.717) is 18.8 Å². The van der Waals surface area contributed by atoms with Crippen LogP contribution in [0.2, 0.25) is 0 Å². The molecule has 154 valence electrons. The van der Waals surface area contributed by atoms with Crippen LogP contribution >= 0.6 is 0 Å². The van der Waals surface area contributed by atoms with Crippen LogP contribution in [0.3, 0.4) is 0 Å². The summed E-state index contributed by atoms with van der Waals surface area (Å²) in [5.41, 5.74) is 4.77. The summed E-state index contributed by atoms with van der Waals surface area (Å²) in [5, 5.41) is 19.8. The molecule has 0 saturated heterocycles. The highest BCUT2D eigenvalue weighted by atomic mass is 16.5. The Kier molecular flexibility index (Phi) is 6.69. The second-order valence-electron chi connectivity index (χ2n) is 7.26. The molecule has 1 aromatic heterocycles. The molecule has 29 heavy (non-hydrogen) atoms. The molecular weight excluding hydrogens is 368 g/mol. The van der Waals surface area contributed by atoms with Gasteiger partial charge in [-0.1, -0.05) is 23.8 Å². The first-order chi connectivity index (χ1) is 14.0. The highest BCUT2D eigenvalue weighted by Crippen LogP contribution is 2.36. The average molecular weight is 396 g/mol. The van der Waals surface area contributed by atoms with Crippen LogP contribution in [0.4, 0.5) is 0 Å². The molecule has 0 spiro atoms. The van der Waals surface area contributed by atoms with Gasteiger partial charge >= 0.3 is 0 Å². The molecule has 6 nitrogen and oxygen atoms in total. The third kappa shape index (κ3) is 4.67. The van der Waals surface area contributed by atoms with Crippen molar-refractivity contribution in [3.05, 3.63) is 53.6 Å². The van der Waals surface area contributed by atoms with Gasteiger partial charge < -0.3 is 19.7 Å². The fourth-order valence-electron chi connectivity index (χ4n) is 3.53. The minimum absolute atomic E-state index is 0.268. The summed E-state index contributed by atoms with van der Waals surface area (Å²) in [5.74, 6) is 1.41. The van der Waals surface area contributed by atoms with Crippen LogP contribution in [-0.2, 0) is 6.54 Å². The molecule has 0 bridgehead atoms. The van der Waals surface area contributed by atoms with Crippen molar-refractivity contribution in [3.8, 4) is 22.8 Å². The van der Waals surface area contributed by atoms with E-state index in [0.717, 1.165) is 39.0 Å². The van der Waals surface area contributed by atoms with Gasteiger partial charge in [-0.2, -0.15) is 0 Å². The molecule has 0 amide bonds. The maximum absolute atomic E-state index is 9.81. The number of hydrogen-bond donors (Lipinski definition) is 2. The summed E-state index contributed by atoms with van der Waals surface area (Å²) >= 11 is 0. The minimum atomic E-state index is -0.787. The van der Waals surface area contributed by atoms with Gasteiger partial charge in [0.25, 0.3) is 0 Å². The zero-order valence-electron chi connectivity index (χ0n) is 17.3. The van der Waals surface area contributed by atoms with Gasteiger partial charge in [0.05, 0.1) is 32.6 Å². The first-order valence-corrected chi connectivity index (χ1v) is 9.56. The summed E-state index contributed by atoms with van der Waals surface area (Å²) in [7, 11) is 5.18. The standard InChI is InChI=1S/C23H28N2O4/c1-15-6-5-7-16(10-15)22-17(12-25(2)13-18(27)14-26)11-19-20(28-3)8-9-21(29-4)23(19)24-22/h5-11,18,26-27H,12-14H2,1-4H3/t18-/m1/s1. The number of benzene rings is 2. The van der Waals surface area contributed by atoms with Crippen LogP contribution in [0.1, 0.15) is 11.1 Å². The molecular formula is C23H28N2O4. The molecule has 6 heteroatoms. The highest BCUT2D eigenvalue weighted by molar-refractivity contribution is 5.92. The number of aromatic nitrogens is 1. The van der Waals surface area contributed by atoms with Gasteiger partial charge in [0.1, 0.15) is 17.0 Å². The topological polar surface area (TPSA) is 75.1 Å². The third-order valence-corrected chi connectivity index (χ3v) is 4.89. The van der Waals surface area contributed by atoms with Gasteiger partial charge in [-0.05, 0) is 43.8 Å². The van der Waals surface area contributed by atoms with E-state index in [1.54, 1.807) is 14.2 Å². The lowest BCUT2D eigenvalue weighted by Crippen LogP contribution is -2.31. The molecule has 1 heterocycles. The molecule has 0 unspecified atom stereocenters. The highest BCUT2D eigenvalue weighted by Gasteiger charge is 2.17. The van der Waals surface area contributed by atoms with Crippen molar-refractivity contribution in [2.45, 2.75) is 19.6 Å². The number of hydrogen-bond acceptors (Lipinski definition) is 6. The van der Waals surface area contributed by atoms with Crippen LogP contribution in [0, 0.1) is 6.92 Å². The maximum atomic E-state index is 9.81. The van der Waals surface area contributed by atoms with Gasteiger partial charge in [0.15, 0.2) is 0 Å². The number of methoxy groups -OCH3 is 2. The van der Waals surface area contributed by atoms with Crippen LogP contribution in [0.25, 0.3) is 22.2 Å². The van der Waals surface area contributed by atoms with Gasteiger partial charge in [-0.25, -0.2) is 4.98 Å². The van der Waals surface area contributed by atoms with E-state index >= 15 is 0 Å². The Labute approximate surface area is 171 Å². The predicted molar refractivity (Wildman–Crippen MR) is 114 cm³/mol. The van der Waals surface area contributed by atoms with E-state index in [9.17, 15) is 5.11 Å². The van der Waals surface area contributed by atoms with Crippen molar-refractivity contribution in [2.24, 2.45) is 0 Å². The average Bonchev–Trinajstić information content (AvgIpc) is 2.72. The second-order valence-corrected chi connectivity index (χ2v) is 7.26. The van der Waals surface area contributed by atoms with Crippen molar-refractivity contribution < 1.29 is 19.7 Å². The smallest absolute Gasteiger partial charge is 0.145 e. The molecule has 2 N–H and O–H groups in total. The summed E-state index contributed by atoms with van der Waals surface area (Å²) in [6.07, 6.45) is -0.787. The molecule has 3 rings (SSSR count). The van der Waals surface area contributed by atoms with Crippen LogP contribution in [0.5, 0.6) is 11.5 Å². The number of likely N-dealkylation sites (N-methyl/N-ethyl adjacent to an activating group) is 1. The predicted octanol–water partition coefficient (Wildman–Crippen LogP) is 3.01. The Morgan fingerprint density at radius 1 is 1.07 bits per heavy atom. The van der Waals surface area contributed by atoms with E-state index in [1.807, 2.05) is 36.2 Å². The number of aliphatic hydroxyl groups is 2. The van der Waals surface area contributed by atoms with Crippen LogP contribution < -0.4 is 9.47 Å². The van der Waals surface area contributed by atoms with E-state index in [-0.39, 0.29) is 6.61 Å². The number of nitrogens with zero attached hydrogens (tertiary/aromatic N) is 2. The summed E-state index contributed by atoms with van der Waals surface area (Å²) in [6, 6.07) is 14.0. The summed E-state index contributed by atoms with van der Waals surface area (Å²) in [4.78, 5) is 6.94. The quantitative estimate of drug-likeness (QED) is 0.610. The minimum Gasteiger partial charge on any atom is -0.496 e. The zero-order valence-corrected chi connectivity index (χ0v) is 17.3. The second kappa shape index (κ2) is 9.22. The molecule has 0 aliphatic rings. The Balaban J connectivity index is 2.18. The largest absolute Gasteiger partial charge is 0.496 e. The van der Waals surface area contributed by atoms with E-state index in [4.69, 9.17) is 19.6 Å². The molecule has 0 aliphatic carbocycles. The van der Waals surface area contributed by atoms with Crippen molar-refractivity contribution in [1.82, 2.24) is 9.88 Å². The zero-order chi connectivity index (χ0) is 21.0. The number of pyridine rings is 1. The summed E-state index contributed by atoms with van der Waals surface area (Å²) < 4.78 is 11.1. The Morgan fingerprint density at radius 3 is 2.45 bits per heavy atom. The van der Waals surface area contributed by atoms with Gasteiger partial charge in [0.2, 0.25) is 0 Å². The van der Waals surface area contributed by atoms with Crippen molar-refractivity contribution in [3.63, 3.8) is 0 Å². The summed E-state index contributed by atoms with van der Waals surface area (Å²) in [6.45, 7) is 2.70. The van der Waals surface area contributed by atoms with Crippen molar-refractivity contribution in [2.75, 3.05) is 34.4 Å². The van der Waals surface area contributed by atoms with Gasteiger partial charge in [-0.3, -0.25) is 4.90 Å². The van der Waals surface area contributed by atoms with Crippen molar-refractivity contribution >= 4 is 10.9 Å². The Hall–Kier alpha value is -2.67. The maximum Gasteiger partial charge on any atom is 0.145 e. The lowest BCUT2D eigenvalue weighted by Gasteiger charge is -2.22. The van der Waals surface area contributed by atoms with Crippen LogP contribution in [0.15, 0.2) is 42.5 Å². The molecule has 0 radical (unpaired) electrons. The van der Waals surface area contributed by atoms with Gasteiger partial charge in [0, 0.05) is 24.0 Å². The molecule has 2 aromatic carbocycles. The fourth-order valence-corrected chi connectivity index (χ4v) is 3.53. The fraction of sp³-hybridized carbons (Fsp3) is 0.348. The number of aryl methyl sites for hydroxylation is 1.